The van der Waals surface area contributed by atoms with Gasteiger partial charge in [-0.2, -0.15) is 13.2 Å². The fourth-order valence-corrected chi connectivity index (χ4v) is 1.04. The molecular weight excluding hydrogens is 221 g/mol. The second kappa shape index (κ2) is 5.75. The Hall–Kier alpha value is -1.23. The Morgan fingerprint density at radius 1 is 1.06 bits per heavy atom. The van der Waals surface area contributed by atoms with E-state index in [0.29, 0.717) is 5.75 Å². The van der Waals surface area contributed by atoms with Gasteiger partial charge in [-0.25, -0.2) is 0 Å². The van der Waals surface area contributed by atoms with Crippen LogP contribution in [0.5, 0.6) is 5.75 Å². The van der Waals surface area contributed by atoms with Gasteiger partial charge in [0.25, 0.3) is 0 Å². The number of ether oxygens (including phenoxy) is 2. The van der Waals surface area contributed by atoms with E-state index < -0.39 is 12.8 Å². The molecule has 1 rings (SSSR count). The quantitative estimate of drug-likeness (QED) is 0.729. The fraction of sp³-hybridized carbons (Fsp3) is 0.455. The van der Waals surface area contributed by atoms with Crippen molar-refractivity contribution >= 4 is 0 Å². The van der Waals surface area contributed by atoms with Crippen molar-refractivity contribution in [2.45, 2.75) is 13.1 Å². The summed E-state index contributed by atoms with van der Waals surface area (Å²) < 4.78 is 44.6. The van der Waals surface area contributed by atoms with Crippen molar-refractivity contribution in [2.75, 3.05) is 19.8 Å². The first-order valence-electron chi connectivity index (χ1n) is 4.81. The number of aryl methyl sites for hydroxylation is 1. The first-order chi connectivity index (χ1) is 7.47. The number of halogens is 3. The van der Waals surface area contributed by atoms with Crippen molar-refractivity contribution in [1.82, 2.24) is 0 Å². The summed E-state index contributed by atoms with van der Waals surface area (Å²) in [5.41, 5.74) is 1.10. The average molecular weight is 234 g/mol. The summed E-state index contributed by atoms with van der Waals surface area (Å²) in [6.07, 6.45) is -4.27. The molecule has 0 bridgehead atoms. The first kappa shape index (κ1) is 12.8. The number of hydrogen-bond acceptors (Lipinski definition) is 2. The Morgan fingerprint density at radius 2 is 1.69 bits per heavy atom. The molecule has 0 aromatic heterocycles. The van der Waals surface area contributed by atoms with E-state index in [1.807, 2.05) is 19.1 Å². The lowest BCUT2D eigenvalue weighted by molar-refractivity contribution is -0.175. The van der Waals surface area contributed by atoms with Crippen molar-refractivity contribution in [3.8, 4) is 5.75 Å². The molecule has 0 N–H and O–H groups in total. The lowest BCUT2D eigenvalue weighted by Crippen LogP contribution is -2.19. The maximum Gasteiger partial charge on any atom is 0.411 e. The molecule has 0 aliphatic rings. The monoisotopic (exact) mass is 234 g/mol. The van der Waals surface area contributed by atoms with Crippen molar-refractivity contribution in [1.29, 1.82) is 0 Å². The van der Waals surface area contributed by atoms with Gasteiger partial charge in [0.2, 0.25) is 0 Å². The van der Waals surface area contributed by atoms with Gasteiger partial charge < -0.3 is 9.47 Å². The number of rotatable bonds is 5. The van der Waals surface area contributed by atoms with Crippen LogP contribution in [0.4, 0.5) is 13.2 Å². The Balaban J connectivity index is 2.14. The zero-order chi connectivity index (χ0) is 12.0. The molecule has 0 saturated heterocycles. The van der Waals surface area contributed by atoms with E-state index in [-0.39, 0.29) is 13.2 Å². The fourth-order valence-electron chi connectivity index (χ4n) is 1.04. The summed E-state index contributed by atoms with van der Waals surface area (Å²) in [5, 5.41) is 0. The lowest BCUT2D eigenvalue weighted by Gasteiger charge is -2.09. The van der Waals surface area contributed by atoms with Crippen LogP contribution in [-0.4, -0.2) is 26.0 Å². The van der Waals surface area contributed by atoms with Crippen molar-refractivity contribution in [3.63, 3.8) is 0 Å². The molecule has 0 atom stereocenters. The minimum atomic E-state index is -4.27. The normalized spacial score (nSPS) is 11.5. The first-order valence-corrected chi connectivity index (χ1v) is 4.81. The molecule has 0 aliphatic heterocycles. The van der Waals surface area contributed by atoms with Crippen LogP contribution in [-0.2, 0) is 4.74 Å². The second-order valence-corrected chi connectivity index (χ2v) is 3.33. The van der Waals surface area contributed by atoms with Crippen LogP contribution in [0.2, 0.25) is 0 Å². The van der Waals surface area contributed by atoms with E-state index in [2.05, 4.69) is 4.74 Å². The van der Waals surface area contributed by atoms with E-state index in [4.69, 9.17) is 4.74 Å². The highest BCUT2D eigenvalue weighted by Crippen LogP contribution is 2.14. The molecule has 0 unspecified atom stereocenters. The van der Waals surface area contributed by atoms with Gasteiger partial charge in [0.05, 0.1) is 6.61 Å². The summed E-state index contributed by atoms with van der Waals surface area (Å²) in [5.74, 6) is 0.626. The summed E-state index contributed by atoms with van der Waals surface area (Å²) in [6.45, 7) is 0.743. The Morgan fingerprint density at radius 3 is 2.25 bits per heavy atom. The predicted octanol–water partition coefficient (Wildman–Crippen LogP) is 2.95. The van der Waals surface area contributed by atoms with E-state index in [9.17, 15) is 13.2 Å². The number of hydrogen-bond donors (Lipinski definition) is 0. The largest absolute Gasteiger partial charge is 0.491 e. The van der Waals surface area contributed by atoms with Crippen LogP contribution in [0, 0.1) is 6.92 Å². The van der Waals surface area contributed by atoms with E-state index in [1.165, 1.54) is 0 Å². The predicted molar refractivity (Wildman–Crippen MR) is 53.5 cm³/mol. The van der Waals surface area contributed by atoms with Crippen LogP contribution in [0.1, 0.15) is 5.56 Å². The van der Waals surface area contributed by atoms with Crippen molar-refractivity contribution in [2.24, 2.45) is 0 Å². The van der Waals surface area contributed by atoms with Gasteiger partial charge in [-0.05, 0) is 19.1 Å². The molecule has 16 heavy (non-hydrogen) atoms. The maximum absolute atomic E-state index is 11.7. The minimum Gasteiger partial charge on any atom is -0.491 e. The third-order valence-corrected chi connectivity index (χ3v) is 1.78. The van der Waals surface area contributed by atoms with Gasteiger partial charge in [0, 0.05) is 0 Å². The molecule has 0 spiro atoms. The SMILES string of the molecule is Cc1ccc(OCCOCC(F)(F)F)cc1. The van der Waals surface area contributed by atoms with E-state index in [0.717, 1.165) is 5.56 Å². The van der Waals surface area contributed by atoms with Gasteiger partial charge in [-0.3, -0.25) is 0 Å². The van der Waals surface area contributed by atoms with Gasteiger partial charge in [-0.15, -0.1) is 0 Å². The second-order valence-electron chi connectivity index (χ2n) is 3.33. The zero-order valence-electron chi connectivity index (χ0n) is 8.88. The molecule has 0 heterocycles. The average Bonchev–Trinajstić information content (AvgIpc) is 2.19. The Labute approximate surface area is 92.0 Å². The molecule has 1 aromatic rings. The lowest BCUT2D eigenvalue weighted by atomic mass is 10.2. The highest BCUT2D eigenvalue weighted by molar-refractivity contribution is 5.26. The highest BCUT2D eigenvalue weighted by atomic mass is 19.4. The molecule has 5 heteroatoms. The smallest absolute Gasteiger partial charge is 0.411 e. The molecule has 0 radical (unpaired) electrons. The molecule has 0 aliphatic carbocycles. The summed E-state index contributed by atoms with van der Waals surface area (Å²) >= 11 is 0. The summed E-state index contributed by atoms with van der Waals surface area (Å²) in [4.78, 5) is 0. The number of alkyl halides is 3. The molecule has 1 aromatic carbocycles. The van der Waals surface area contributed by atoms with Gasteiger partial charge in [0.1, 0.15) is 19.0 Å². The van der Waals surface area contributed by atoms with E-state index >= 15 is 0 Å². The van der Waals surface area contributed by atoms with Gasteiger partial charge in [-0.1, -0.05) is 17.7 Å². The number of benzene rings is 1. The molecule has 2 nitrogen and oxygen atoms in total. The third kappa shape index (κ3) is 5.60. The zero-order valence-corrected chi connectivity index (χ0v) is 8.88. The van der Waals surface area contributed by atoms with Crippen LogP contribution in [0.15, 0.2) is 24.3 Å². The molecule has 90 valence electrons. The minimum absolute atomic E-state index is 0.0760. The standard InChI is InChI=1S/C11H13F3O2/c1-9-2-4-10(5-3-9)16-7-6-15-8-11(12,13)14/h2-5H,6-8H2,1H3. The van der Waals surface area contributed by atoms with Crippen LogP contribution >= 0.6 is 0 Å². The van der Waals surface area contributed by atoms with Crippen LogP contribution in [0.3, 0.4) is 0 Å². The van der Waals surface area contributed by atoms with Gasteiger partial charge in [0.15, 0.2) is 0 Å². The van der Waals surface area contributed by atoms with E-state index in [1.54, 1.807) is 12.1 Å². The molecule has 0 amide bonds. The van der Waals surface area contributed by atoms with Crippen LogP contribution in [0.25, 0.3) is 0 Å². The Kier molecular flexibility index (Phi) is 4.61. The molecule has 0 saturated carbocycles. The Bertz CT molecular complexity index is 306. The van der Waals surface area contributed by atoms with Gasteiger partial charge >= 0.3 is 6.18 Å². The summed E-state index contributed by atoms with van der Waals surface area (Å²) in [6, 6.07) is 7.26. The van der Waals surface area contributed by atoms with Crippen molar-refractivity contribution in [3.05, 3.63) is 29.8 Å². The van der Waals surface area contributed by atoms with Crippen LogP contribution < -0.4 is 4.74 Å². The molecule has 0 fully saturated rings. The summed E-state index contributed by atoms with van der Waals surface area (Å²) in [7, 11) is 0. The topological polar surface area (TPSA) is 18.5 Å². The van der Waals surface area contributed by atoms with Crippen molar-refractivity contribution < 1.29 is 22.6 Å². The maximum atomic E-state index is 11.7. The highest BCUT2D eigenvalue weighted by Gasteiger charge is 2.27. The molecular formula is C11H13F3O2. The third-order valence-electron chi connectivity index (χ3n) is 1.78.